The monoisotopic (exact) mass is 317 g/mol. The lowest BCUT2D eigenvalue weighted by Gasteiger charge is -2.09. The van der Waals surface area contributed by atoms with E-state index in [0.717, 1.165) is 38.2 Å². The van der Waals surface area contributed by atoms with Gasteiger partial charge in [-0.05, 0) is 30.9 Å². The van der Waals surface area contributed by atoms with Gasteiger partial charge < -0.3 is 13.3 Å². The van der Waals surface area contributed by atoms with E-state index in [2.05, 4.69) is 0 Å². The molecule has 3 nitrogen and oxygen atoms in total. The van der Waals surface area contributed by atoms with Crippen LogP contribution in [0.25, 0.3) is 0 Å². The highest BCUT2D eigenvalue weighted by molar-refractivity contribution is 6.36. The van der Waals surface area contributed by atoms with Crippen LogP contribution in [-0.2, 0) is 19.7 Å². The summed E-state index contributed by atoms with van der Waals surface area (Å²) in [5, 5.41) is 0. The lowest BCUT2D eigenvalue weighted by Crippen LogP contribution is -2.24. The normalized spacial score (nSPS) is 11.3. The Hall–Kier alpha value is -0.823. The van der Waals surface area contributed by atoms with Gasteiger partial charge in [-0.25, -0.2) is 8.78 Å². The molecule has 1 aromatic carbocycles. The predicted octanol–water partition coefficient (Wildman–Crippen LogP) is 3.75. The van der Waals surface area contributed by atoms with Crippen LogP contribution in [0.5, 0.6) is 0 Å². The summed E-state index contributed by atoms with van der Waals surface area (Å²) in [7, 11) is 1.61. The number of hydrogen-bond acceptors (Lipinski definition) is 3. The van der Waals surface area contributed by atoms with Crippen LogP contribution in [0.3, 0.4) is 0 Å². The smallest absolute Gasteiger partial charge is 0.375 e. The first-order valence-corrected chi connectivity index (χ1v) is 8.41. The van der Waals surface area contributed by atoms with Crippen molar-refractivity contribution in [2.24, 2.45) is 0 Å². The Morgan fingerprint density at radius 2 is 1.62 bits per heavy atom. The van der Waals surface area contributed by atoms with E-state index in [0.29, 0.717) is 18.6 Å². The topological polar surface area (TPSA) is 27.7 Å². The Kier molecular flexibility index (Phi) is 9.41. The molecule has 0 atom stereocenters. The minimum absolute atomic E-state index is 0.447. The molecule has 0 aliphatic heterocycles. The van der Waals surface area contributed by atoms with Crippen LogP contribution in [0.15, 0.2) is 18.2 Å². The summed E-state index contributed by atoms with van der Waals surface area (Å²) in [6.45, 7) is 0.641. The van der Waals surface area contributed by atoms with Gasteiger partial charge >= 0.3 is 9.53 Å². The maximum absolute atomic E-state index is 13.4. The molecule has 119 valence electrons. The zero-order valence-corrected chi connectivity index (χ0v) is 13.7. The van der Waals surface area contributed by atoms with Crippen LogP contribution >= 0.6 is 0 Å². The third kappa shape index (κ3) is 7.66. The second-order valence-electron chi connectivity index (χ2n) is 4.76. The van der Waals surface area contributed by atoms with Gasteiger partial charge in [0.05, 0.1) is 0 Å². The lowest BCUT2D eigenvalue weighted by molar-refractivity contribution is 0.133. The SMILES string of the molecule is CO[Si](OC)OCCCCCCCc1ccc(F)cc1F. The highest BCUT2D eigenvalue weighted by Gasteiger charge is 2.13. The van der Waals surface area contributed by atoms with Gasteiger partial charge in [-0.2, -0.15) is 0 Å². The summed E-state index contributed by atoms with van der Waals surface area (Å²) in [4.78, 5) is 0. The Bertz CT molecular complexity index is 401. The fraction of sp³-hybridized carbons (Fsp3) is 0.600. The van der Waals surface area contributed by atoms with E-state index in [9.17, 15) is 8.78 Å². The molecular weight excluding hydrogens is 294 g/mol. The van der Waals surface area contributed by atoms with E-state index >= 15 is 0 Å². The van der Waals surface area contributed by atoms with E-state index in [1.165, 1.54) is 12.1 Å². The van der Waals surface area contributed by atoms with Gasteiger partial charge in [0, 0.05) is 26.9 Å². The summed E-state index contributed by atoms with van der Waals surface area (Å²) in [6.07, 6.45) is 5.70. The number of rotatable bonds is 11. The molecule has 0 unspecified atom stereocenters. The first-order chi connectivity index (χ1) is 10.2. The molecule has 0 saturated heterocycles. The molecule has 0 spiro atoms. The Morgan fingerprint density at radius 1 is 0.952 bits per heavy atom. The highest BCUT2D eigenvalue weighted by atomic mass is 28.3. The third-order valence-corrected chi connectivity index (χ3v) is 4.27. The van der Waals surface area contributed by atoms with Crippen molar-refractivity contribution in [1.29, 1.82) is 0 Å². The lowest BCUT2D eigenvalue weighted by atomic mass is 10.1. The molecule has 6 heteroatoms. The second kappa shape index (κ2) is 10.8. The quantitative estimate of drug-likeness (QED) is 0.459. The Balaban J connectivity index is 2.02. The molecule has 0 amide bonds. The maximum Gasteiger partial charge on any atom is 0.577 e. The fourth-order valence-electron chi connectivity index (χ4n) is 2.03. The van der Waals surface area contributed by atoms with Gasteiger partial charge in [-0.1, -0.05) is 25.3 Å². The van der Waals surface area contributed by atoms with Gasteiger partial charge in [0.2, 0.25) is 0 Å². The number of unbranched alkanes of at least 4 members (excludes halogenated alkanes) is 4. The molecule has 0 bridgehead atoms. The average molecular weight is 317 g/mol. The van der Waals surface area contributed by atoms with Crippen molar-refractivity contribution in [2.45, 2.75) is 38.5 Å². The average Bonchev–Trinajstić information content (AvgIpc) is 2.47. The molecule has 0 N–H and O–H groups in total. The van der Waals surface area contributed by atoms with Gasteiger partial charge in [0.25, 0.3) is 0 Å². The van der Waals surface area contributed by atoms with Crippen LogP contribution in [-0.4, -0.2) is 30.4 Å². The molecule has 1 radical (unpaired) electrons. The van der Waals surface area contributed by atoms with Crippen molar-refractivity contribution < 1.29 is 22.1 Å². The van der Waals surface area contributed by atoms with Gasteiger partial charge in [-0.15, -0.1) is 0 Å². The predicted molar refractivity (Wildman–Crippen MR) is 78.9 cm³/mol. The highest BCUT2D eigenvalue weighted by Crippen LogP contribution is 2.14. The van der Waals surface area contributed by atoms with Crippen LogP contribution in [0.4, 0.5) is 8.78 Å². The zero-order chi connectivity index (χ0) is 15.5. The van der Waals surface area contributed by atoms with Gasteiger partial charge in [0.15, 0.2) is 0 Å². The standard InChI is InChI=1S/C15H23F2O3Si/c1-18-21(19-2)20-11-7-5-3-4-6-8-13-9-10-14(16)12-15(13)17/h9-10,12H,3-8,11H2,1-2H3. The number of halogens is 2. The Labute approximate surface area is 127 Å². The summed E-state index contributed by atoms with van der Waals surface area (Å²) >= 11 is 0. The van der Waals surface area contributed by atoms with E-state index < -0.39 is 21.2 Å². The van der Waals surface area contributed by atoms with Crippen molar-refractivity contribution in [3.8, 4) is 0 Å². The number of hydrogen-bond donors (Lipinski definition) is 0. The van der Waals surface area contributed by atoms with Crippen LogP contribution in [0.2, 0.25) is 0 Å². The van der Waals surface area contributed by atoms with Gasteiger partial charge in [0.1, 0.15) is 11.6 Å². The van der Waals surface area contributed by atoms with E-state index in [4.69, 9.17) is 13.3 Å². The van der Waals surface area contributed by atoms with Crippen molar-refractivity contribution in [1.82, 2.24) is 0 Å². The van der Waals surface area contributed by atoms with E-state index in [1.54, 1.807) is 14.2 Å². The van der Waals surface area contributed by atoms with Crippen LogP contribution in [0, 0.1) is 11.6 Å². The molecule has 0 fully saturated rings. The van der Waals surface area contributed by atoms with Crippen LogP contribution in [0.1, 0.15) is 37.7 Å². The molecular formula is C15H23F2O3Si. The van der Waals surface area contributed by atoms with Crippen molar-refractivity contribution in [3.05, 3.63) is 35.4 Å². The molecule has 0 aromatic heterocycles. The summed E-state index contributed by atoms with van der Waals surface area (Å²) in [6, 6.07) is 3.77. The first-order valence-electron chi connectivity index (χ1n) is 7.19. The molecule has 0 aliphatic rings. The Morgan fingerprint density at radius 3 is 2.29 bits per heavy atom. The fourth-order valence-corrected chi connectivity index (χ4v) is 2.74. The zero-order valence-electron chi connectivity index (χ0n) is 12.7. The molecule has 0 aliphatic carbocycles. The molecule has 1 rings (SSSR count). The number of benzene rings is 1. The molecule has 21 heavy (non-hydrogen) atoms. The summed E-state index contributed by atoms with van der Waals surface area (Å²) in [5.74, 6) is -0.971. The number of aryl methyl sites for hydroxylation is 1. The van der Waals surface area contributed by atoms with E-state index in [-0.39, 0.29) is 0 Å². The first kappa shape index (κ1) is 18.2. The van der Waals surface area contributed by atoms with Gasteiger partial charge in [-0.3, -0.25) is 0 Å². The summed E-state index contributed by atoms with van der Waals surface area (Å²) in [5.41, 5.74) is 0.590. The van der Waals surface area contributed by atoms with Crippen LogP contribution < -0.4 is 0 Å². The molecule has 1 aromatic rings. The summed E-state index contributed by atoms with van der Waals surface area (Å²) < 4.78 is 41.6. The van der Waals surface area contributed by atoms with Crippen molar-refractivity contribution >= 4 is 9.53 Å². The largest absolute Gasteiger partial charge is 0.577 e. The maximum atomic E-state index is 13.4. The molecule has 0 heterocycles. The minimum atomic E-state index is -1.54. The second-order valence-corrected chi connectivity index (χ2v) is 6.37. The minimum Gasteiger partial charge on any atom is -0.375 e. The third-order valence-electron chi connectivity index (χ3n) is 3.16. The van der Waals surface area contributed by atoms with E-state index in [1.807, 2.05) is 0 Å². The van der Waals surface area contributed by atoms with Crippen molar-refractivity contribution in [2.75, 3.05) is 20.8 Å². The van der Waals surface area contributed by atoms with Crippen molar-refractivity contribution in [3.63, 3.8) is 0 Å². The molecule has 0 saturated carbocycles.